The van der Waals surface area contributed by atoms with Crippen LogP contribution in [0, 0.1) is 0 Å². The molecule has 3 N–H and O–H groups in total. The number of halogens is 1. The minimum atomic E-state index is -0.468. The van der Waals surface area contributed by atoms with Gasteiger partial charge in [-0.1, -0.05) is 60.7 Å². The van der Waals surface area contributed by atoms with Crippen molar-refractivity contribution in [1.29, 1.82) is 0 Å². The Morgan fingerprint density at radius 3 is 2.21 bits per heavy atom. The van der Waals surface area contributed by atoms with E-state index in [1.165, 1.54) is 5.56 Å². The van der Waals surface area contributed by atoms with Gasteiger partial charge < -0.3 is 20.6 Å². The first kappa shape index (κ1) is 25.4. The Kier molecular flexibility index (Phi) is 12.6. The van der Waals surface area contributed by atoms with Gasteiger partial charge in [-0.25, -0.2) is 0 Å². The van der Waals surface area contributed by atoms with Gasteiger partial charge in [-0.2, -0.15) is 0 Å². The molecule has 29 heavy (non-hydrogen) atoms. The van der Waals surface area contributed by atoms with E-state index in [2.05, 4.69) is 60.8 Å². The lowest BCUT2D eigenvalue weighted by molar-refractivity contribution is 0.168. The molecular weight excluding hydrogens is 475 g/mol. The van der Waals surface area contributed by atoms with Crippen molar-refractivity contribution in [2.45, 2.75) is 31.9 Å². The SMILES string of the molecule is CCNC(=NCC(Cc1ccccc1)N(C)C)NCCC(O)c1ccccc1.I. The molecule has 0 aliphatic rings. The molecule has 0 heterocycles. The van der Waals surface area contributed by atoms with Crippen LogP contribution in [0.25, 0.3) is 0 Å². The van der Waals surface area contributed by atoms with Gasteiger partial charge in [0.1, 0.15) is 0 Å². The molecular formula is C23H35IN4O. The molecule has 160 valence electrons. The lowest BCUT2D eigenvalue weighted by atomic mass is 10.1. The number of rotatable bonds is 10. The van der Waals surface area contributed by atoms with Gasteiger partial charge in [0, 0.05) is 19.1 Å². The molecule has 0 aliphatic carbocycles. The number of hydrogen-bond donors (Lipinski definition) is 3. The lowest BCUT2D eigenvalue weighted by Gasteiger charge is -2.23. The van der Waals surface area contributed by atoms with Crippen molar-refractivity contribution in [1.82, 2.24) is 15.5 Å². The number of aliphatic imine (C=N–C) groups is 1. The zero-order valence-corrected chi connectivity index (χ0v) is 20.0. The van der Waals surface area contributed by atoms with Crippen molar-refractivity contribution in [3.05, 3.63) is 71.8 Å². The molecule has 0 bridgehead atoms. The molecule has 0 radical (unpaired) electrons. The van der Waals surface area contributed by atoms with Crippen LogP contribution in [0.2, 0.25) is 0 Å². The van der Waals surface area contributed by atoms with Crippen molar-refractivity contribution in [3.63, 3.8) is 0 Å². The summed E-state index contributed by atoms with van der Waals surface area (Å²) in [5.41, 5.74) is 2.27. The Balaban J connectivity index is 0.00000420. The molecule has 0 aliphatic heterocycles. The zero-order valence-electron chi connectivity index (χ0n) is 17.7. The molecule has 0 fully saturated rings. The predicted molar refractivity (Wildman–Crippen MR) is 133 cm³/mol. The molecule has 0 spiro atoms. The third-order valence-electron chi connectivity index (χ3n) is 4.74. The van der Waals surface area contributed by atoms with Crippen LogP contribution in [0.1, 0.15) is 30.6 Å². The van der Waals surface area contributed by atoms with Crippen LogP contribution < -0.4 is 10.6 Å². The Hall–Kier alpha value is -1.64. The van der Waals surface area contributed by atoms with E-state index in [4.69, 9.17) is 4.99 Å². The van der Waals surface area contributed by atoms with Gasteiger partial charge in [0.25, 0.3) is 0 Å². The average molecular weight is 510 g/mol. The summed E-state index contributed by atoms with van der Waals surface area (Å²) in [5.74, 6) is 0.794. The summed E-state index contributed by atoms with van der Waals surface area (Å²) in [6, 6.07) is 20.6. The van der Waals surface area contributed by atoms with E-state index in [0.29, 0.717) is 25.6 Å². The molecule has 0 saturated heterocycles. The summed E-state index contributed by atoms with van der Waals surface area (Å²) in [5, 5.41) is 16.9. The number of aliphatic hydroxyl groups is 1. The van der Waals surface area contributed by atoms with Gasteiger partial charge in [-0.15, -0.1) is 24.0 Å². The summed E-state index contributed by atoms with van der Waals surface area (Å²) in [6.07, 6.45) is 1.13. The van der Waals surface area contributed by atoms with Gasteiger partial charge in [-0.3, -0.25) is 4.99 Å². The van der Waals surface area contributed by atoms with Crippen molar-refractivity contribution < 1.29 is 5.11 Å². The molecule has 0 amide bonds. The summed E-state index contributed by atoms with van der Waals surface area (Å²) in [7, 11) is 4.19. The molecule has 2 unspecified atom stereocenters. The van der Waals surface area contributed by atoms with E-state index in [0.717, 1.165) is 24.5 Å². The Morgan fingerprint density at radius 2 is 1.62 bits per heavy atom. The summed E-state index contributed by atoms with van der Waals surface area (Å²) in [4.78, 5) is 6.99. The number of nitrogens with zero attached hydrogens (tertiary/aromatic N) is 2. The number of hydrogen-bond acceptors (Lipinski definition) is 3. The first-order chi connectivity index (χ1) is 13.6. The minimum absolute atomic E-state index is 0. The third kappa shape index (κ3) is 9.60. The minimum Gasteiger partial charge on any atom is -0.388 e. The van der Waals surface area contributed by atoms with Crippen molar-refractivity contribution >= 4 is 29.9 Å². The zero-order chi connectivity index (χ0) is 20.2. The fourth-order valence-electron chi connectivity index (χ4n) is 3.00. The quantitative estimate of drug-likeness (QED) is 0.261. The molecule has 2 rings (SSSR count). The molecule has 2 aromatic rings. The van der Waals surface area contributed by atoms with Crippen LogP contribution in [0.4, 0.5) is 0 Å². The van der Waals surface area contributed by atoms with Crippen LogP contribution in [-0.4, -0.2) is 55.7 Å². The van der Waals surface area contributed by atoms with Gasteiger partial charge in [0.2, 0.25) is 0 Å². The van der Waals surface area contributed by atoms with Crippen molar-refractivity contribution in [2.24, 2.45) is 4.99 Å². The largest absolute Gasteiger partial charge is 0.388 e. The van der Waals surface area contributed by atoms with E-state index in [1.807, 2.05) is 36.4 Å². The predicted octanol–water partition coefficient (Wildman–Crippen LogP) is 3.46. The maximum Gasteiger partial charge on any atom is 0.191 e. The van der Waals surface area contributed by atoms with E-state index in [1.54, 1.807) is 0 Å². The number of guanidine groups is 1. The molecule has 5 nitrogen and oxygen atoms in total. The Labute approximate surface area is 192 Å². The van der Waals surface area contributed by atoms with Gasteiger partial charge in [-0.05, 0) is 45.0 Å². The number of aliphatic hydroxyl groups excluding tert-OH is 1. The maximum atomic E-state index is 10.3. The number of benzene rings is 2. The fraction of sp³-hybridized carbons (Fsp3) is 0.435. The van der Waals surface area contributed by atoms with Crippen LogP contribution >= 0.6 is 24.0 Å². The summed E-state index contributed by atoms with van der Waals surface area (Å²) < 4.78 is 0. The van der Waals surface area contributed by atoms with E-state index >= 15 is 0 Å². The maximum absolute atomic E-state index is 10.3. The first-order valence-corrected chi connectivity index (χ1v) is 10.1. The lowest BCUT2D eigenvalue weighted by Crippen LogP contribution is -2.40. The van der Waals surface area contributed by atoms with Crippen LogP contribution in [0.3, 0.4) is 0 Å². The second kappa shape index (κ2) is 14.4. The first-order valence-electron chi connectivity index (χ1n) is 10.1. The summed E-state index contributed by atoms with van der Waals surface area (Å²) >= 11 is 0. The van der Waals surface area contributed by atoms with Crippen molar-refractivity contribution in [2.75, 3.05) is 33.7 Å². The standard InChI is InChI=1S/C23H34N4O.HI/c1-4-24-23(25-16-15-22(28)20-13-9-6-10-14-20)26-18-21(27(2)3)17-19-11-7-5-8-12-19;/h5-14,21-22,28H,4,15-18H2,1-3H3,(H2,24,25,26);1H. The van der Waals surface area contributed by atoms with Gasteiger partial charge >= 0.3 is 0 Å². The Bertz CT molecular complexity index is 695. The molecule has 2 atom stereocenters. The summed E-state index contributed by atoms with van der Waals surface area (Å²) in [6.45, 7) is 4.23. The topological polar surface area (TPSA) is 59.9 Å². The highest BCUT2D eigenvalue weighted by Crippen LogP contribution is 2.14. The normalized spacial score (nSPS) is 13.5. The van der Waals surface area contributed by atoms with Crippen LogP contribution in [0.15, 0.2) is 65.7 Å². The second-order valence-corrected chi connectivity index (χ2v) is 7.17. The molecule has 0 aromatic heterocycles. The van der Waals surface area contributed by atoms with E-state index in [-0.39, 0.29) is 24.0 Å². The average Bonchev–Trinajstić information content (AvgIpc) is 2.72. The Morgan fingerprint density at radius 1 is 1.00 bits per heavy atom. The second-order valence-electron chi connectivity index (χ2n) is 7.17. The highest BCUT2D eigenvalue weighted by molar-refractivity contribution is 14.0. The molecule has 0 saturated carbocycles. The highest BCUT2D eigenvalue weighted by Gasteiger charge is 2.12. The number of nitrogens with one attached hydrogen (secondary N) is 2. The van der Waals surface area contributed by atoms with E-state index < -0.39 is 6.10 Å². The highest BCUT2D eigenvalue weighted by atomic mass is 127. The van der Waals surface area contributed by atoms with Crippen LogP contribution in [0.5, 0.6) is 0 Å². The van der Waals surface area contributed by atoms with Gasteiger partial charge in [0.05, 0.1) is 12.6 Å². The smallest absolute Gasteiger partial charge is 0.191 e. The fourth-order valence-corrected chi connectivity index (χ4v) is 3.00. The van der Waals surface area contributed by atoms with E-state index in [9.17, 15) is 5.11 Å². The molecule has 2 aromatic carbocycles. The third-order valence-corrected chi connectivity index (χ3v) is 4.74. The monoisotopic (exact) mass is 510 g/mol. The number of likely N-dealkylation sites (N-methyl/N-ethyl adjacent to an activating group) is 1. The van der Waals surface area contributed by atoms with Gasteiger partial charge in [0.15, 0.2) is 5.96 Å². The molecule has 6 heteroatoms. The van der Waals surface area contributed by atoms with Crippen LogP contribution in [-0.2, 0) is 6.42 Å². The van der Waals surface area contributed by atoms with Crippen molar-refractivity contribution in [3.8, 4) is 0 Å².